The van der Waals surface area contributed by atoms with Crippen LogP contribution in [0.15, 0.2) is 30.3 Å². The van der Waals surface area contributed by atoms with E-state index < -0.39 is 7.94 Å². The van der Waals surface area contributed by atoms with Gasteiger partial charge in [0.15, 0.2) is 0 Å². The first-order valence-corrected chi connectivity index (χ1v) is 11.1. The molecule has 0 radical (unpaired) electrons. The van der Waals surface area contributed by atoms with Gasteiger partial charge in [0.05, 0.1) is 0 Å². The van der Waals surface area contributed by atoms with Crippen molar-refractivity contribution in [3.05, 3.63) is 30.3 Å². The molecule has 1 aromatic rings. The fourth-order valence-electron chi connectivity index (χ4n) is 2.72. The molecule has 0 fully saturated rings. The summed E-state index contributed by atoms with van der Waals surface area (Å²) in [5.41, 5.74) is 0. The molecule has 0 heterocycles. The zero-order chi connectivity index (χ0) is 16.8. The second kappa shape index (κ2) is 12.9. The molecule has 3 nitrogen and oxygen atoms in total. The van der Waals surface area contributed by atoms with Crippen LogP contribution in [-0.4, -0.2) is 16.4 Å². The van der Waals surface area contributed by atoms with E-state index in [0.717, 1.165) is 12.8 Å². The average molecular weight is 342 g/mol. The zero-order valence-electron chi connectivity index (χ0n) is 14.7. The maximum atomic E-state index is 10.0. The monoisotopic (exact) mass is 342 g/mol. The van der Waals surface area contributed by atoms with E-state index in [1.165, 1.54) is 57.8 Å². The van der Waals surface area contributed by atoms with Crippen LogP contribution in [0.3, 0.4) is 0 Å². The van der Waals surface area contributed by atoms with Crippen LogP contribution in [0.4, 0.5) is 0 Å². The second-order valence-corrected chi connectivity index (χ2v) is 8.44. The fraction of sp³-hybridized carbons (Fsp3) is 0.684. The second-order valence-electron chi connectivity index (χ2n) is 6.36. The number of hydrogen-bond acceptors (Lipinski definition) is 3. The van der Waals surface area contributed by atoms with Crippen LogP contribution >= 0.6 is 7.94 Å². The summed E-state index contributed by atoms with van der Waals surface area (Å²) in [4.78, 5) is 20.0. The van der Waals surface area contributed by atoms with Crippen LogP contribution in [0, 0.1) is 0 Å². The van der Waals surface area contributed by atoms with Crippen LogP contribution in [-0.2, 0) is 4.52 Å². The first-order chi connectivity index (χ1) is 11.2. The molecule has 4 heteroatoms. The molecule has 2 N–H and O–H groups in total. The first-order valence-electron chi connectivity index (χ1n) is 9.31. The van der Waals surface area contributed by atoms with E-state index in [1.54, 1.807) is 24.3 Å². The minimum atomic E-state index is -3.68. The molecule has 0 unspecified atom stereocenters. The molecule has 134 valence electrons. The Morgan fingerprint density at radius 2 is 1.22 bits per heavy atom. The Bertz CT molecular complexity index is 381. The molecule has 0 aliphatic carbocycles. The molecule has 0 amide bonds. The summed E-state index contributed by atoms with van der Waals surface area (Å²) in [5.74, 6) is 0. The third-order valence-electron chi connectivity index (χ3n) is 4.20. The van der Waals surface area contributed by atoms with E-state index in [2.05, 4.69) is 6.92 Å². The zero-order valence-corrected chi connectivity index (χ0v) is 15.7. The number of rotatable bonds is 14. The van der Waals surface area contributed by atoms with Crippen molar-refractivity contribution in [2.75, 3.05) is 6.61 Å². The van der Waals surface area contributed by atoms with E-state index in [0.29, 0.717) is 11.9 Å². The van der Waals surface area contributed by atoms with Crippen LogP contribution in [0.25, 0.3) is 0 Å². The molecular weight excluding hydrogens is 307 g/mol. The van der Waals surface area contributed by atoms with Gasteiger partial charge in [0.25, 0.3) is 0 Å². The van der Waals surface area contributed by atoms with Crippen LogP contribution in [0.5, 0.6) is 0 Å². The Morgan fingerprint density at radius 1 is 0.739 bits per heavy atom. The standard InChI is InChI=1S/C19H35O3P/c1-2-3-4-5-6-7-8-9-10-11-15-18-22-23(20,21)19-16-13-12-14-17-19/h12-14,16-17,20-21,23H,2-11,15,18H2,1H3. The van der Waals surface area contributed by atoms with Gasteiger partial charge in [-0.1, -0.05) is 13.3 Å². The summed E-state index contributed by atoms with van der Waals surface area (Å²) >= 11 is 0. The van der Waals surface area contributed by atoms with Crippen molar-refractivity contribution in [3.63, 3.8) is 0 Å². The maximum absolute atomic E-state index is 10.0. The van der Waals surface area contributed by atoms with E-state index in [-0.39, 0.29) is 0 Å². The van der Waals surface area contributed by atoms with E-state index in [9.17, 15) is 9.79 Å². The number of benzene rings is 1. The van der Waals surface area contributed by atoms with Crippen molar-refractivity contribution < 1.29 is 14.3 Å². The fourth-order valence-corrected chi connectivity index (χ4v) is 3.94. The van der Waals surface area contributed by atoms with Gasteiger partial charge in [-0.2, -0.15) is 0 Å². The molecule has 0 aliphatic heterocycles. The Labute approximate surface area is 142 Å². The summed E-state index contributed by atoms with van der Waals surface area (Å²) < 4.78 is 5.35. The van der Waals surface area contributed by atoms with Crippen LogP contribution in [0.1, 0.15) is 77.6 Å². The summed E-state index contributed by atoms with van der Waals surface area (Å²) in [5, 5.41) is 0.517. The molecule has 1 aromatic carbocycles. The van der Waals surface area contributed by atoms with E-state index >= 15 is 0 Å². The third kappa shape index (κ3) is 10.1. The Kier molecular flexibility index (Phi) is 11.5. The van der Waals surface area contributed by atoms with E-state index in [4.69, 9.17) is 4.52 Å². The van der Waals surface area contributed by atoms with Crippen molar-refractivity contribution in [1.29, 1.82) is 0 Å². The van der Waals surface area contributed by atoms with Crippen LogP contribution in [0.2, 0.25) is 0 Å². The number of hydrogen-bond donors (Lipinski definition) is 2. The van der Waals surface area contributed by atoms with Crippen molar-refractivity contribution in [3.8, 4) is 0 Å². The summed E-state index contributed by atoms with van der Waals surface area (Å²) in [6.45, 7) is 2.69. The molecule has 0 saturated heterocycles. The first kappa shape index (κ1) is 20.6. The topological polar surface area (TPSA) is 49.7 Å². The molecule has 0 saturated carbocycles. The molecular formula is C19H35O3P. The predicted molar refractivity (Wildman–Crippen MR) is 101 cm³/mol. The van der Waals surface area contributed by atoms with Crippen LogP contribution < -0.4 is 5.30 Å². The van der Waals surface area contributed by atoms with Gasteiger partial charge in [-0.3, -0.25) is 0 Å². The van der Waals surface area contributed by atoms with Gasteiger partial charge in [-0.25, -0.2) is 0 Å². The third-order valence-corrected chi connectivity index (χ3v) is 5.89. The van der Waals surface area contributed by atoms with Gasteiger partial charge < -0.3 is 0 Å². The quantitative estimate of drug-likeness (QED) is 0.364. The Morgan fingerprint density at radius 3 is 1.74 bits per heavy atom. The molecule has 0 atom stereocenters. The van der Waals surface area contributed by atoms with Crippen molar-refractivity contribution in [2.24, 2.45) is 0 Å². The molecule has 0 aromatic heterocycles. The minimum absolute atomic E-state index is 0.436. The van der Waals surface area contributed by atoms with Crippen molar-refractivity contribution >= 4 is 13.2 Å². The van der Waals surface area contributed by atoms with Crippen molar-refractivity contribution in [1.82, 2.24) is 0 Å². The molecule has 1 rings (SSSR count). The van der Waals surface area contributed by atoms with E-state index in [1.807, 2.05) is 6.07 Å². The number of unbranched alkanes of at least 4 members (excludes halogenated alkanes) is 10. The van der Waals surface area contributed by atoms with Gasteiger partial charge in [-0.15, -0.1) is 0 Å². The summed E-state index contributed by atoms with van der Waals surface area (Å²) in [6, 6.07) is 8.89. The Hall–Kier alpha value is -0.470. The van der Waals surface area contributed by atoms with Gasteiger partial charge >= 0.3 is 129 Å². The normalized spacial score (nSPS) is 12.5. The van der Waals surface area contributed by atoms with Crippen molar-refractivity contribution in [2.45, 2.75) is 77.6 Å². The van der Waals surface area contributed by atoms with Gasteiger partial charge in [0, 0.05) is 0 Å². The molecule has 23 heavy (non-hydrogen) atoms. The van der Waals surface area contributed by atoms with Gasteiger partial charge in [0.2, 0.25) is 0 Å². The molecule has 0 bridgehead atoms. The van der Waals surface area contributed by atoms with Gasteiger partial charge in [-0.05, 0) is 0 Å². The molecule has 0 aliphatic rings. The molecule has 0 spiro atoms. The predicted octanol–water partition coefficient (Wildman–Crippen LogP) is 5.12. The average Bonchev–Trinajstić information content (AvgIpc) is 2.56. The SMILES string of the molecule is CCCCCCCCCCCCCO[PH](O)(O)c1ccccc1. The summed E-state index contributed by atoms with van der Waals surface area (Å²) in [7, 11) is -3.68. The Balaban J connectivity index is 1.93. The summed E-state index contributed by atoms with van der Waals surface area (Å²) in [6.07, 6.45) is 14.1. The van der Waals surface area contributed by atoms with Gasteiger partial charge in [0.1, 0.15) is 0 Å².